The molecule has 0 spiro atoms. The van der Waals surface area contributed by atoms with E-state index in [1.165, 1.54) is 0 Å². The van der Waals surface area contributed by atoms with Crippen molar-refractivity contribution in [2.75, 3.05) is 31.3 Å². The number of thioether (sulfide) groups is 1. The van der Waals surface area contributed by atoms with Gasteiger partial charge in [-0.3, -0.25) is 0 Å². The molecule has 0 aliphatic carbocycles. The van der Waals surface area contributed by atoms with Crippen molar-refractivity contribution in [2.45, 2.75) is 24.0 Å². The van der Waals surface area contributed by atoms with Crippen molar-refractivity contribution in [3.63, 3.8) is 0 Å². The minimum Gasteiger partial charge on any atom is -0.394 e. The third kappa shape index (κ3) is 3.88. The number of hydrogen-bond donors (Lipinski definition) is 2. The van der Waals surface area contributed by atoms with E-state index < -0.39 is 0 Å². The van der Waals surface area contributed by atoms with Crippen LogP contribution >= 0.6 is 11.8 Å². The fraction of sp³-hybridized carbons (Fsp3) is 0.500. The van der Waals surface area contributed by atoms with Gasteiger partial charge < -0.3 is 20.1 Å². The molecule has 0 bridgehead atoms. The molecular formula is C14H20N2O3S. The number of amides is 2. The van der Waals surface area contributed by atoms with Crippen LogP contribution in [0.25, 0.3) is 0 Å². The van der Waals surface area contributed by atoms with Gasteiger partial charge in [0.15, 0.2) is 0 Å². The molecule has 5 nitrogen and oxygen atoms in total. The Kier molecular flexibility index (Phi) is 5.28. The van der Waals surface area contributed by atoms with Crippen LogP contribution in [0.1, 0.15) is 6.92 Å². The maximum atomic E-state index is 12.2. The van der Waals surface area contributed by atoms with Gasteiger partial charge in [-0.05, 0) is 31.4 Å². The number of carbonyl (C=O) groups is 1. The summed E-state index contributed by atoms with van der Waals surface area (Å²) in [6.07, 6.45) is 1.63. The van der Waals surface area contributed by atoms with Gasteiger partial charge in [-0.15, -0.1) is 11.8 Å². The molecule has 1 aromatic rings. The summed E-state index contributed by atoms with van der Waals surface area (Å²) in [4.78, 5) is 15.0. The van der Waals surface area contributed by atoms with E-state index in [0.29, 0.717) is 13.1 Å². The second kappa shape index (κ2) is 6.97. The Morgan fingerprint density at radius 3 is 3.05 bits per heavy atom. The Morgan fingerprint density at radius 2 is 2.35 bits per heavy atom. The largest absolute Gasteiger partial charge is 0.394 e. The smallest absolute Gasteiger partial charge is 0.322 e. The number of carbonyl (C=O) groups excluding carboxylic acids is 1. The Morgan fingerprint density at radius 1 is 1.55 bits per heavy atom. The molecule has 1 saturated heterocycles. The average Bonchev–Trinajstić information content (AvgIpc) is 2.46. The van der Waals surface area contributed by atoms with Gasteiger partial charge in [-0.2, -0.15) is 0 Å². The van der Waals surface area contributed by atoms with Crippen LogP contribution in [0.2, 0.25) is 0 Å². The van der Waals surface area contributed by atoms with E-state index in [1.54, 1.807) is 16.7 Å². The zero-order valence-electron chi connectivity index (χ0n) is 11.7. The number of rotatable bonds is 3. The van der Waals surface area contributed by atoms with Gasteiger partial charge >= 0.3 is 6.03 Å². The fourth-order valence-corrected chi connectivity index (χ4v) is 2.67. The highest BCUT2D eigenvalue weighted by Crippen LogP contribution is 2.20. The van der Waals surface area contributed by atoms with E-state index in [4.69, 9.17) is 4.74 Å². The molecule has 1 fully saturated rings. The number of hydrogen-bond acceptors (Lipinski definition) is 4. The lowest BCUT2D eigenvalue weighted by Gasteiger charge is -2.36. The van der Waals surface area contributed by atoms with Crippen LogP contribution in [0.5, 0.6) is 0 Å². The lowest BCUT2D eigenvalue weighted by Crippen LogP contribution is -2.51. The van der Waals surface area contributed by atoms with Crippen molar-refractivity contribution < 1.29 is 14.6 Å². The first-order chi connectivity index (χ1) is 9.62. The van der Waals surface area contributed by atoms with Gasteiger partial charge in [-0.25, -0.2) is 4.79 Å². The summed E-state index contributed by atoms with van der Waals surface area (Å²) >= 11 is 1.63. The summed E-state index contributed by atoms with van der Waals surface area (Å²) in [7, 11) is 0. The van der Waals surface area contributed by atoms with E-state index in [9.17, 15) is 9.90 Å². The van der Waals surface area contributed by atoms with Crippen LogP contribution in [0.4, 0.5) is 10.5 Å². The molecule has 20 heavy (non-hydrogen) atoms. The van der Waals surface area contributed by atoms with Crippen molar-refractivity contribution in [3.8, 4) is 0 Å². The Balaban J connectivity index is 2.00. The third-order valence-corrected chi connectivity index (χ3v) is 3.86. The molecule has 0 unspecified atom stereocenters. The maximum Gasteiger partial charge on any atom is 0.322 e. The number of aliphatic hydroxyl groups excluding tert-OH is 1. The number of urea groups is 1. The number of nitrogens with one attached hydrogen (secondary N) is 1. The molecule has 2 atom stereocenters. The number of aliphatic hydroxyl groups is 1. The molecule has 2 rings (SSSR count). The Bertz CT molecular complexity index is 469. The predicted octanol–water partition coefficient (Wildman–Crippen LogP) is 2.02. The minimum absolute atomic E-state index is 0.0656. The van der Waals surface area contributed by atoms with Gasteiger partial charge in [0.1, 0.15) is 0 Å². The van der Waals surface area contributed by atoms with Gasteiger partial charge in [0.05, 0.1) is 25.4 Å². The number of ether oxygens (including phenoxy) is 1. The van der Waals surface area contributed by atoms with Crippen molar-refractivity contribution in [1.82, 2.24) is 4.90 Å². The number of benzene rings is 1. The van der Waals surface area contributed by atoms with E-state index in [-0.39, 0.29) is 24.8 Å². The van der Waals surface area contributed by atoms with E-state index in [0.717, 1.165) is 10.6 Å². The lowest BCUT2D eigenvalue weighted by molar-refractivity contribution is -0.0822. The van der Waals surface area contributed by atoms with Crippen LogP contribution in [0, 0.1) is 0 Å². The predicted molar refractivity (Wildman–Crippen MR) is 80.2 cm³/mol. The lowest BCUT2D eigenvalue weighted by atomic mass is 10.2. The van der Waals surface area contributed by atoms with E-state index in [1.807, 2.05) is 37.4 Å². The van der Waals surface area contributed by atoms with Crippen molar-refractivity contribution in [1.29, 1.82) is 0 Å². The molecule has 2 amide bonds. The highest BCUT2D eigenvalue weighted by atomic mass is 32.2. The summed E-state index contributed by atoms with van der Waals surface area (Å²) in [5.74, 6) is 0. The average molecular weight is 296 g/mol. The van der Waals surface area contributed by atoms with Crippen LogP contribution < -0.4 is 5.32 Å². The van der Waals surface area contributed by atoms with Gasteiger partial charge in [-0.1, -0.05) is 6.07 Å². The summed E-state index contributed by atoms with van der Waals surface area (Å²) < 4.78 is 5.53. The second-order valence-electron chi connectivity index (χ2n) is 4.82. The molecule has 0 saturated carbocycles. The summed E-state index contributed by atoms with van der Waals surface area (Å²) in [5.41, 5.74) is 0.779. The highest BCUT2D eigenvalue weighted by molar-refractivity contribution is 7.98. The quantitative estimate of drug-likeness (QED) is 0.838. The zero-order valence-corrected chi connectivity index (χ0v) is 12.5. The molecular weight excluding hydrogens is 276 g/mol. The number of nitrogens with zero attached hydrogens (tertiary/aromatic N) is 1. The van der Waals surface area contributed by atoms with Gasteiger partial charge in [0.2, 0.25) is 0 Å². The molecule has 110 valence electrons. The molecule has 1 aliphatic heterocycles. The van der Waals surface area contributed by atoms with Gasteiger partial charge in [0, 0.05) is 17.1 Å². The Hall–Kier alpha value is -1.24. The molecule has 0 aromatic heterocycles. The fourth-order valence-electron chi connectivity index (χ4n) is 2.22. The normalized spacial score (nSPS) is 22.6. The number of morpholine rings is 1. The van der Waals surface area contributed by atoms with Crippen molar-refractivity contribution in [3.05, 3.63) is 24.3 Å². The van der Waals surface area contributed by atoms with Crippen molar-refractivity contribution >= 4 is 23.5 Å². The summed E-state index contributed by atoms with van der Waals surface area (Å²) in [6.45, 7) is 2.77. The first-order valence-electron chi connectivity index (χ1n) is 6.58. The van der Waals surface area contributed by atoms with Crippen LogP contribution in [-0.2, 0) is 4.74 Å². The second-order valence-corrected chi connectivity index (χ2v) is 5.70. The monoisotopic (exact) mass is 296 g/mol. The SMILES string of the molecule is CSc1cccc(NC(=O)N2C[C@@H](CO)O[C@H](C)C2)c1. The molecule has 1 heterocycles. The summed E-state index contributed by atoms with van der Waals surface area (Å²) in [5, 5.41) is 12.1. The molecule has 2 N–H and O–H groups in total. The van der Waals surface area contributed by atoms with E-state index >= 15 is 0 Å². The molecule has 1 aromatic carbocycles. The van der Waals surface area contributed by atoms with Gasteiger partial charge in [0.25, 0.3) is 0 Å². The van der Waals surface area contributed by atoms with Crippen molar-refractivity contribution in [2.24, 2.45) is 0 Å². The molecule has 0 radical (unpaired) electrons. The van der Waals surface area contributed by atoms with Crippen LogP contribution in [-0.4, -0.2) is 54.2 Å². The summed E-state index contributed by atoms with van der Waals surface area (Å²) in [6, 6.07) is 7.57. The minimum atomic E-state index is -0.304. The molecule has 6 heteroatoms. The number of anilines is 1. The standard InChI is InChI=1S/C14H20N2O3S/c1-10-7-16(8-12(9-17)19-10)14(18)15-11-4-3-5-13(6-11)20-2/h3-6,10,12,17H,7-9H2,1-2H3,(H,15,18)/t10-,12+/m1/s1. The van der Waals surface area contributed by atoms with E-state index in [2.05, 4.69) is 5.32 Å². The first kappa shape index (κ1) is 15.2. The zero-order chi connectivity index (χ0) is 14.5. The molecule has 1 aliphatic rings. The maximum absolute atomic E-state index is 12.2. The Labute approximate surface area is 123 Å². The van der Waals surface area contributed by atoms with Crippen LogP contribution in [0.3, 0.4) is 0 Å². The third-order valence-electron chi connectivity index (χ3n) is 3.14. The highest BCUT2D eigenvalue weighted by Gasteiger charge is 2.27. The van der Waals surface area contributed by atoms with Crippen LogP contribution in [0.15, 0.2) is 29.2 Å². The topological polar surface area (TPSA) is 61.8 Å². The first-order valence-corrected chi connectivity index (χ1v) is 7.81.